The number of hydrogen-bond acceptors (Lipinski definition) is 2. The maximum absolute atomic E-state index is 4.10. The van der Waals surface area contributed by atoms with Crippen molar-refractivity contribution in [1.29, 1.82) is 0 Å². The third kappa shape index (κ3) is 6.18. The predicted molar refractivity (Wildman–Crippen MR) is 130 cm³/mol. The zero-order valence-electron chi connectivity index (χ0n) is 19.7. The molecule has 0 amide bonds. The minimum atomic E-state index is 0.161. The monoisotopic (exact) mass is 406 g/mol. The summed E-state index contributed by atoms with van der Waals surface area (Å²) in [6.45, 7) is 11.8. The van der Waals surface area contributed by atoms with Crippen LogP contribution in [0.1, 0.15) is 89.9 Å². The molecule has 164 valence electrons. The van der Waals surface area contributed by atoms with E-state index >= 15 is 0 Å². The van der Waals surface area contributed by atoms with E-state index < -0.39 is 0 Å². The standard InChI is InChI=1S/C28H42N2/c1-21(23-15-9-6-10-16-23)29-26(25-19-13-8-14-20-25)27(28(3,4)5)30-22(2)24-17-11-7-12-18-24/h6-7,9-12,15-18,21-22,25-27,29-30H,8,13-14,19-20H2,1-5H3/t21-,22-,26+,27-/m0/s1. The molecule has 1 fully saturated rings. The zero-order chi connectivity index (χ0) is 21.6. The van der Waals surface area contributed by atoms with Crippen LogP contribution in [0.25, 0.3) is 0 Å². The molecule has 0 radical (unpaired) electrons. The number of benzene rings is 2. The van der Waals surface area contributed by atoms with E-state index in [1.807, 2.05) is 0 Å². The number of nitrogens with one attached hydrogen (secondary N) is 2. The van der Waals surface area contributed by atoms with E-state index in [9.17, 15) is 0 Å². The highest BCUT2D eigenvalue weighted by Gasteiger charge is 2.38. The van der Waals surface area contributed by atoms with Crippen molar-refractivity contribution < 1.29 is 0 Å². The summed E-state index contributed by atoms with van der Waals surface area (Å²) >= 11 is 0. The van der Waals surface area contributed by atoms with Gasteiger partial charge in [0.05, 0.1) is 0 Å². The normalized spacial score (nSPS) is 19.8. The number of hydrogen-bond donors (Lipinski definition) is 2. The molecule has 1 aliphatic carbocycles. The highest BCUT2D eigenvalue weighted by molar-refractivity contribution is 5.20. The van der Waals surface area contributed by atoms with Crippen molar-refractivity contribution in [3.05, 3.63) is 71.8 Å². The summed E-state index contributed by atoms with van der Waals surface area (Å²) in [5.41, 5.74) is 2.90. The Balaban J connectivity index is 1.86. The second-order valence-electron chi connectivity index (χ2n) is 10.4. The van der Waals surface area contributed by atoms with Crippen LogP contribution >= 0.6 is 0 Å². The molecular weight excluding hydrogens is 364 g/mol. The van der Waals surface area contributed by atoms with Crippen LogP contribution in [0.15, 0.2) is 60.7 Å². The average molecular weight is 407 g/mol. The Kier molecular flexibility index (Phi) is 8.13. The molecule has 2 aromatic rings. The zero-order valence-corrected chi connectivity index (χ0v) is 19.7. The highest BCUT2D eigenvalue weighted by Crippen LogP contribution is 2.35. The summed E-state index contributed by atoms with van der Waals surface area (Å²) < 4.78 is 0. The molecule has 3 rings (SSSR count). The maximum atomic E-state index is 4.10. The van der Waals surface area contributed by atoms with E-state index in [0.717, 1.165) is 5.92 Å². The lowest BCUT2D eigenvalue weighted by Crippen LogP contribution is -2.58. The Morgan fingerprint density at radius 3 is 1.63 bits per heavy atom. The lowest BCUT2D eigenvalue weighted by molar-refractivity contribution is 0.129. The van der Waals surface area contributed by atoms with Crippen molar-refractivity contribution >= 4 is 0 Å². The van der Waals surface area contributed by atoms with E-state index in [0.29, 0.717) is 24.2 Å². The van der Waals surface area contributed by atoms with Gasteiger partial charge in [0.2, 0.25) is 0 Å². The molecule has 0 saturated heterocycles. The Morgan fingerprint density at radius 2 is 1.17 bits per heavy atom. The van der Waals surface area contributed by atoms with Crippen LogP contribution in [0.2, 0.25) is 0 Å². The van der Waals surface area contributed by atoms with Gasteiger partial charge in [-0.1, -0.05) is 101 Å². The first-order valence-corrected chi connectivity index (χ1v) is 12.0. The summed E-state index contributed by atoms with van der Waals surface area (Å²) in [6.07, 6.45) is 6.81. The van der Waals surface area contributed by atoms with Gasteiger partial charge in [0.15, 0.2) is 0 Å². The molecule has 0 aromatic heterocycles. The van der Waals surface area contributed by atoms with E-state index in [1.165, 1.54) is 43.2 Å². The fraction of sp³-hybridized carbons (Fsp3) is 0.571. The summed E-state index contributed by atoms with van der Waals surface area (Å²) in [7, 11) is 0. The first kappa shape index (κ1) is 23.0. The molecule has 0 bridgehead atoms. The van der Waals surface area contributed by atoms with Crippen LogP contribution in [-0.2, 0) is 0 Å². The summed E-state index contributed by atoms with van der Waals surface area (Å²) in [4.78, 5) is 0. The van der Waals surface area contributed by atoms with Crippen molar-refractivity contribution in [2.24, 2.45) is 11.3 Å². The van der Waals surface area contributed by atoms with Gasteiger partial charge in [0.25, 0.3) is 0 Å². The molecule has 2 nitrogen and oxygen atoms in total. The second-order valence-corrected chi connectivity index (χ2v) is 10.4. The molecule has 0 aliphatic heterocycles. The molecule has 0 unspecified atom stereocenters. The SMILES string of the molecule is C[C@H](N[C@H](C1CCCCC1)[C@H](N[C@@H](C)c1ccccc1)C(C)(C)C)c1ccccc1. The van der Waals surface area contributed by atoms with Gasteiger partial charge in [-0.3, -0.25) is 0 Å². The molecule has 1 saturated carbocycles. The molecule has 4 atom stereocenters. The van der Waals surface area contributed by atoms with Crippen LogP contribution in [0.5, 0.6) is 0 Å². The van der Waals surface area contributed by atoms with Crippen molar-refractivity contribution in [2.45, 2.75) is 90.9 Å². The van der Waals surface area contributed by atoms with Crippen LogP contribution in [0, 0.1) is 11.3 Å². The quantitative estimate of drug-likeness (QED) is 0.491. The topological polar surface area (TPSA) is 24.1 Å². The smallest absolute Gasteiger partial charge is 0.0295 e. The molecular formula is C28H42N2. The van der Waals surface area contributed by atoms with Gasteiger partial charge in [-0.15, -0.1) is 0 Å². The van der Waals surface area contributed by atoms with Gasteiger partial charge in [0, 0.05) is 24.2 Å². The fourth-order valence-electron chi connectivity index (χ4n) is 5.12. The van der Waals surface area contributed by atoms with Crippen molar-refractivity contribution in [3.8, 4) is 0 Å². The van der Waals surface area contributed by atoms with Gasteiger partial charge in [-0.25, -0.2) is 0 Å². The Morgan fingerprint density at radius 1 is 0.700 bits per heavy atom. The molecule has 2 aromatic carbocycles. The molecule has 1 aliphatic rings. The lowest BCUT2D eigenvalue weighted by atomic mass is 9.72. The Bertz CT molecular complexity index is 728. The summed E-state index contributed by atoms with van der Waals surface area (Å²) in [5.74, 6) is 0.726. The lowest BCUT2D eigenvalue weighted by Gasteiger charge is -2.45. The summed E-state index contributed by atoms with van der Waals surface area (Å²) in [5, 5.41) is 8.17. The van der Waals surface area contributed by atoms with Gasteiger partial charge >= 0.3 is 0 Å². The third-order valence-electron chi connectivity index (χ3n) is 6.92. The largest absolute Gasteiger partial charge is 0.306 e. The van der Waals surface area contributed by atoms with Gasteiger partial charge < -0.3 is 10.6 Å². The van der Waals surface area contributed by atoms with E-state index in [1.54, 1.807) is 0 Å². The third-order valence-corrected chi connectivity index (χ3v) is 6.92. The molecule has 0 spiro atoms. The highest BCUT2D eigenvalue weighted by atomic mass is 15.1. The van der Waals surface area contributed by atoms with Crippen LogP contribution < -0.4 is 10.6 Å². The Hall–Kier alpha value is -1.64. The molecule has 2 heteroatoms. The van der Waals surface area contributed by atoms with Crippen molar-refractivity contribution in [3.63, 3.8) is 0 Å². The van der Waals surface area contributed by atoms with Crippen molar-refractivity contribution in [1.82, 2.24) is 10.6 Å². The minimum absolute atomic E-state index is 0.161. The van der Waals surface area contributed by atoms with Crippen molar-refractivity contribution in [2.75, 3.05) is 0 Å². The second kappa shape index (κ2) is 10.6. The fourth-order valence-corrected chi connectivity index (χ4v) is 5.12. The summed E-state index contributed by atoms with van der Waals surface area (Å²) in [6, 6.07) is 23.3. The molecule has 0 heterocycles. The van der Waals surface area contributed by atoms with Crippen LogP contribution in [0.4, 0.5) is 0 Å². The Labute approximate surface area is 184 Å². The van der Waals surface area contributed by atoms with Gasteiger partial charge in [0.1, 0.15) is 0 Å². The van der Waals surface area contributed by atoms with E-state index in [4.69, 9.17) is 0 Å². The van der Waals surface area contributed by atoms with E-state index in [-0.39, 0.29) is 5.41 Å². The minimum Gasteiger partial charge on any atom is -0.306 e. The molecule has 30 heavy (non-hydrogen) atoms. The van der Waals surface area contributed by atoms with Gasteiger partial charge in [-0.2, -0.15) is 0 Å². The van der Waals surface area contributed by atoms with Gasteiger partial charge in [-0.05, 0) is 49.1 Å². The number of rotatable bonds is 8. The first-order chi connectivity index (χ1) is 14.4. The average Bonchev–Trinajstić information content (AvgIpc) is 2.77. The maximum Gasteiger partial charge on any atom is 0.0295 e. The van der Waals surface area contributed by atoms with E-state index in [2.05, 4.69) is 106 Å². The van der Waals surface area contributed by atoms with Crippen LogP contribution in [-0.4, -0.2) is 12.1 Å². The first-order valence-electron chi connectivity index (χ1n) is 12.0. The molecule has 2 N–H and O–H groups in total. The predicted octanol–water partition coefficient (Wildman–Crippen LogP) is 7.05. The van der Waals surface area contributed by atoms with Crippen LogP contribution in [0.3, 0.4) is 0 Å².